The molecule has 0 rings (SSSR count). The van der Waals surface area contributed by atoms with Crippen molar-refractivity contribution >= 4 is 11.8 Å². The monoisotopic (exact) mass is 204 g/mol. The summed E-state index contributed by atoms with van der Waals surface area (Å²) in [4.78, 5) is 2.25. The maximum absolute atomic E-state index is 3.48. The van der Waals surface area contributed by atoms with Gasteiger partial charge in [0.05, 0.1) is 0 Å². The molecule has 0 atom stereocenters. The molecule has 0 bridgehead atoms. The van der Waals surface area contributed by atoms with Crippen molar-refractivity contribution in [3.8, 4) is 0 Å². The molecule has 0 aliphatic rings. The van der Waals surface area contributed by atoms with Crippen LogP contribution >= 0.6 is 11.8 Å². The van der Waals surface area contributed by atoms with E-state index >= 15 is 0 Å². The molecule has 0 fully saturated rings. The molecule has 0 radical (unpaired) electrons. The maximum atomic E-state index is 3.48. The third-order valence-electron chi connectivity index (χ3n) is 1.83. The zero-order valence-corrected chi connectivity index (χ0v) is 10.5. The molecule has 0 amide bonds. The second-order valence-electron chi connectivity index (χ2n) is 4.57. The number of nitrogens with zero attached hydrogens (tertiary/aromatic N) is 1. The van der Waals surface area contributed by atoms with Crippen LogP contribution in [0.25, 0.3) is 0 Å². The van der Waals surface area contributed by atoms with Crippen LogP contribution in [0.1, 0.15) is 13.8 Å². The summed E-state index contributed by atoms with van der Waals surface area (Å²) in [6.07, 6.45) is 2.15. The van der Waals surface area contributed by atoms with E-state index in [1.54, 1.807) is 0 Å². The first-order valence-corrected chi connectivity index (χ1v) is 6.22. The summed E-state index contributed by atoms with van der Waals surface area (Å²) >= 11 is 1.89. The molecule has 0 aliphatic carbocycles. The van der Waals surface area contributed by atoms with Crippen LogP contribution < -0.4 is 5.32 Å². The number of hydrogen-bond donors (Lipinski definition) is 1. The summed E-state index contributed by atoms with van der Waals surface area (Å²) in [5.41, 5.74) is 0.377. The Labute approximate surface area is 87.5 Å². The molecular weight excluding hydrogens is 180 g/mol. The van der Waals surface area contributed by atoms with Crippen LogP contribution in [0.15, 0.2) is 0 Å². The minimum absolute atomic E-state index is 0.377. The van der Waals surface area contributed by atoms with E-state index in [9.17, 15) is 0 Å². The lowest BCUT2D eigenvalue weighted by Gasteiger charge is -2.28. The molecule has 0 saturated carbocycles. The van der Waals surface area contributed by atoms with Gasteiger partial charge in [0.15, 0.2) is 0 Å². The first-order valence-electron chi connectivity index (χ1n) is 4.82. The van der Waals surface area contributed by atoms with Gasteiger partial charge in [-0.2, -0.15) is 11.8 Å². The van der Waals surface area contributed by atoms with E-state index in [2.05, 4.69) is 44.4 Å². The Morgan fingerprint density at radius 1 is 1.31 bits per heavy atom. The molecule has 0 heterocycles. The topological polar surface area (TPSA) is 15.3 Å². The van der Waals surface area contributed by atoms with Gasteiger partial charge in [0.2, 0.25) is 0 Å². The summed E-state index contributed by atoms with van der Waals surface area (Å²) in [7, 11) is 4.26. The molecule has 2 nitrogen and oxygen atoms in total. The third-order valence-corrected chi connectivity index (χ3v) is 2.44. The molecule has 0 aromatic rings. The highest BCUT2D eigenvalue weighted by Gasteiger charge is 2.17. The van der Waals surface area contributed by atoms with E-state index in [1.165, 1.54) is 5.75 Å². The van der Waals surface area contributed by atoms with E-state index in [0.29, 0.717) is 5.41 Å². The van der Waals surface area contributed by atoms with Gasteiger partial charge in [-0.25, -0.2) is 0 Å². The normalized spacial score (nSPS) is 12.5. The van der Waals surface area contributed by atoms with Crippen molar-refractivity contribution in [1.82, 2.24) is 10.2 Å². The fourth-order valence-electron chi connectivity index (χ4n) is 1.51. The van der Waals surface area contributed by atoms with Crippen LogP contribution in [0.3, 0.4) is 0 Å². The minimum Gasteiger partial charge on any atom is -0.315 e. The largest absolute Gasteiger partial charge is 0.315 e. The first kappa shape index (κ1) is 13.3. The molecule has 1 N–H and O–H groups in total. The lowest BCUT2D eigenvalue weighted by molar-refractivity contribution is 0.234. The molecule has 13 heavy (non-hydrogen) atoms. The molecule has 80 valence electrons. The molecule has 0 aliphatic heterocycles. The standard InChI is InChI=1S/C10H24N2S/c1-10(2,9-12(3)4)8-11-6-7-13-5/h11H,6-9H2,1-5H3. The number of hydrogen-bond acceptors (Lipinski definition) is 3. The second-order valence-corrected chi connectivity index (χ2v) is 5.56. The van der Waals surface area contributed by atoms with E-state index in [-0.39, 0.29) is 0 Å². The summed E-state index contributed by atoms with van der Waals surface area (Å²) in [5, 5.41) is 3.48. The third kappa shape index (κ3) is 8.60. The van der Waals surface area contributed by atoms with Crippen molar-refractivity contribution in [3.05, 3.63) is 0 Å². The number of nitrogens with one attached hydrogen (secondary N) is 1. The quantitative estimate of drug-likeness (QED) is 0.633. The maximum Gasteiger partial charge on any atom is 0.00553 e. The van der Waals surface area contributed by atoms with E-state index in [4.69, 9.17) is 0 Å². The summed E-state index contributed by atoms with van der Waals surface area (Å²) in [6, 6.07) is 0. The summed E-state index contributed by atoms with van der Waals surface area (Å²) in [5.74, 6) is 1.21. The Balaban J connectivity index is 3.50. The summed E-state index contributed by atoms with van der Waals surface area (Å²) < 4.78 is 0. The van der Waals surface area contributed by atoms with Crippen molar-refractivity contribution in [2.45, 2.75) is 13.8 Å². The van der Waals surface area contributed by atoms with Gasteiger partial charge in [-0.05, 0) is 25.8 Å². The highest BCUT2D eigenvalue weighted by Crippen LogP contribution is 2.13. The van der Waals surface area contributed by atoms with Crippen LogP contribution in [0.4, 0.5) is 0 Å². The Morgan fingerprint density at radius 3 is 2.38 bits per heavy atom. The van der Waals surface area contributed by atoms with Gasteiger partial charge in [-0.3, -0.25) is 0 Å². The Bertz CT molecular complexity index is 124. The van der Waals surface area contributed by atoms with Gasteiger partial charge in [-0.15, -0.1) is 0 Å². The van der Waals surface area contributed by atoms with Crippen molar-refractivity contribution in [3.63, 3.8) is 0 Å². The molecule has 0 aromatic heterocycles. The molecule has 0 spiro atoms. The van der Waals surface area contributed by atoms with Gasteiger partial charge >= 0.3 is 0 Å². The van der Waals surface area contributed by atoms with Gasteiger partial charge < -0.3 is 10.2 Å². The van der Waals surface area contributed by atoms with E-state index in [1.807, 2.05) is 11.8 Å². The molecule has 0 saturated heterocycles. The van der Waals surface area contributed by atoms with Crippen LogP contribution in [-0.2, 0) is 0 Å². The van der Waals surface area contributed by atoms with Gasteiger partial charge in [0.1, 0.15) is 0 Å². The van der Waals surface area contributed by atoms with Crippen LogP contribution in [0.2, 0.25) is 0 Å². The van der Waals surface area contributed by atoms with Crippen molar-refractivity contribution < 1.29 is 0 Å². The Hall–Kier alpha value is 0.270. The predicted molar refractivity (Wildman–Crippen MR) is 63.6 cm³/mol. The Morgan fingerprint density at radius 2 is 1.92 bits per heavy atom. The van der Waals surface area contributed by atoms with Crippen LogP contribution in [-0.4, -0.2) is 50.6 Å². The lowest BCUT2D eigenvalue weighted by Crippen LogP contribution is -2.38. The fourth-order valence-corrected chi connectivity index (χ4v) is 1.86. The zero-order valence-electron chi connectivity index (χ0n) is 9.68. The van der Waals surface area contributed by atoms with E-state index < -0.39 is 0 Å². The Kier molecular flexibility index (Phi) is 6.82. The predicted octanol–water partition coefficient (Wildman–Crippen LogP) is 1.53. The number of thioether (sulfide) groups is 1. The van der Waals surface area contributed by atoms with Crippen molar-refractivity contribution in [2.24, 2.45) is 5.41 Å². The van der Waals surface area contributed by atoms with Crippen LogP contribution in [0, 0.1) is 5.41 Å². The fraction of sp³-hybridized carbons (Fsp3) is 1.00. The highest BCUT2D eigenvalue weighted by molar-refractivity contribution is 7.98. The lowest BCUT2D eigenvalue weighted by atomic mass is 9.93. The number of rotatable bonds is 7. The molecule has 3 heteroatoms. The molecule has 0 unspecified atom stereocenters. The first-order chi connectivity index (χ1) is 5.98. The smallest absolute Gasteiger partial charge is 0.00553 e. The van der Waals surface area contributed by atoms with Gasteiger partial charge in [0.25, 0.3) is 0 Å². The van der Waals surface area contributed by atoms with Crippen molar-refractivity contribution in [2.75, 3.05) is 45.7 Å². The SMILES string of the molecule is CSCCNCC(C)(C)CN(C)C. The second kappa shape index (κ2) is 6.68. The average Bonchev–Trinajstić information content (AvgIpc) is 1.95. The minimum atomic E-state index is 0.377. The summed E-state index contributed by atoms with van der Waals surface area (Å²) in [6.45, 7) is 7.97. The van der Waals surface area contributed by atoms with Crippen LogP contribution in [0.5, 0.6) is 0 Å². The molecule has 0 aromatic carbocycles. The van der Waals surface area contributed by atoms with Gasteiger partial charge in [0, 0.05) is 25.4 Å². The van der Waals surface area contributed by atoms with Gasteiger partial charge in [-0.1, -0.05) is 13.8 Å². The highest BCUT2D eigenvalue weighted by atomic mass is 32.2. The molecular formula is C10H24N2S. The van der Waals surface area contributed by atoms with E-state index in [0.717, 1.165) is 19.6 Å². The average molecular weight is 204 g/mol. The zero-order chi connectivity index (χ0) is 10.3. The van der Waals surface area contributed by atoms with Crippen molar-refractivity contribution in [1.29, 1.82) is 0 Å².